The Bertz CT molecular complexity index is 304. The zero-order chi connectivity index (χ0) is 9.14. The SMILES string of the molecule is C=CC(C)n1cnc(C(=O)O)c1. The second-order valence-corrected chi connectivity index (χ2v) is 2.49. The molecule has 1 unspecified atom stereocenters. The van der Waals surface area contributed by atoms with Crippen molar-refractivity contribution in [2.75, 3.05) is 0 Å². The van der Waals surface area contributed by atoms with Crippen LogP contribution in [0.3, 0.4) is 0 Å². The fraction of sp³-hybridized carbons (Fsp3) is 0.250. The Hall–Kier alpha value is -1.58. The molecule has 0 aliphatic heterocycles. The quantitative estimate of drug-likeness (QED) is 0.689. The second kappa shape index (κ2) is 3.21. The molecule has 12 heavy (non-hydrogen) atoms. The van der Waals surface area contributed by atoms with Crippen LogP contribution in [0.4, 0.5) is 0 Å². The fourth-order valence-corrected chi connectivity index (χ4v) is 0.792. The van der Waals surface area contributed by atoms with Crippen molar-refractivity contribution in [2.24, 2.45) is 0 Å². The van der Waals surface area contributed by atoms with E-state index in [1.807, 2.05) is 6.92 Å². The lowest BCUT2D eigenvalue weighted by molar-refractivity contribution is 0.0691. The number of carboxylic acid groups (broad SMARTS) is 1. The fourth-order valence-electron chi connectivity index (χ4n) is 0.792. The highest BCUT2D eigenvalue weighted by molar-refractivity contribution is 5.84. The van der Waals surface area contributed by atoms with E-state index >= 15 is 0 Å². The van der Waals surface area contributed by atoms with Gasteiger partial charge in [0, 0.05) is 12.2 Å². The minimum absolute atomic E-state index is 0.0590. The Balaban J connectivity index is 2.91. The molecular formula is C8H10N2O2. The Kier molecular flexibility index (Phi) is 2.28. The molecule has 4 heteroatoms. The molecule has 1 aromatic heterocycles. The molecule has 0 aliphatic carbocycles. The molecule has 1 aromatic rings. The third-order valence-electron chi connectivity index (χ3n) is 1.63. The lowest BCUT2D eigenvalue weighted by Crippen LogP contribution is -1.99. The standard InChI is InChI=1S/C8H10N2O2/c1-3-6(2)10-4-7(8(11)12)9-5-10/h3-6H,1H2,2H3,(H,11,12). The summed E-state index contributed by atoms with van der Waals surface area (Å²) in [5.41, 5.74) is 0.0590. The number of allylic oxidation sites excluding steroid dienone is 1. The molecule has 64 valence electrons. The van der Waals surface area contributed by atoms with Crippen LogP contribution < -0.4 is 0 Å². The van der Waals surface area contributed by atoms with Gasteiger partial charge >= 0.3 is 5.97 Å². The topological polar surface area (TPSA) is 55.1 Å². The minimum Gasteiger partial charge on any atom is -0.476 e. The van der Waals surface area contributed by atoms with E-state index in [2.05, 4.69) is 11.6 Å². The molecule has 0 radical (unpaired) electrons. The van der Waals surface area contributed by atoms with Gasteiger partial charge in [0.2, 0.25) is 0 Å². The highest BCUT2D eigenvalue weighted by Crippen LogP contribution is 2.06. The maximum Gasteiger partial charge on any atom is 0.356 e. The van der Waals surface area contributed by atoms with E-state index in [1.54, 1.807) is 10.6 Å². The number of carboxylic acids is 1. The predicted octanol–water partition coefficient (Wildman–Crippen LogP) is 1.33. The van der Waals surface area contributed by atoms with E-state index in [9.17, 15) is 4.79 Å². The van der Waals surface area contributed by atoms with Gasteiger partial charge in [-0.2, -0.15) is 0 Å². The summed E-state index contributed by atoms with van der Waals surface area (Å²) in [6.45, 7) is 5.50. The number of aromatic nitrogens is 2. The predicted molar refractivity (Wildman–Crippen MR) is 44.1 cm³/mol. The third-order valence-corrected chi connectivity index (χ3v) is 1.63. The lowest BCUT2D eigenvalue weighted by Gasteiger charge is -2.04. The van der Waals surface area contributed by atoms with Crippen molar-refractivity contribution in [1.82, 2.24) is 9.55 Å². The van der Waals surface area contributed by atoms with Gasteiger partial charge in [-0.05, 0) is 6.92 Å². The van der Waals surface area contributed by atoms with Crippen LogP contribution in [0.25, 0.3) is 0 Å². The van der Waals surface area contributed by atoms with Crippen molar-refractivity contribution in [3.05, 3.63) is 30.9 Å². The first-order chi connectivity index (χ1) is 5.65. The molecule has 0 bridgehead atoms. The smallest absolute Gasteiger partial charge is 0.356 e. The van der Waals surface area contributed by atoms with E-state index in [0.717, 1.165) is 0 Å². The summed E-state index contributed by atoms with van der Waals surface area (Å²) in [6, 6.07) is 0.0746. The molecule has 0 saturated heterocycles. The van der Waals surface area contributed by atoms with Gasteiger partial charge in [0.05, 0.1) is 6.33 Å². The average molecular weight is 166 g/mol. The third kappa shape index (κ3) is 1.53. The van der Waals surface area contributed by atoms with Crippen molar-refractivity contribution in [3.8, 4) is 0 Å². The van der Waals surface area contributed by atoms with Crippen LogP contribution in [0.2, 0.25) is 0 Å². The van der Waals surface area contributed by atoms with E-state index in [4.69, 9.17) is 5.11 Å². The summed E-state index contributed by atoms with van der Waals surface area (Å²) in [5, 5.41) is 8.55. The summed E-state index contributed by atoms with van der Waals surface area (Å²) in [6.07, 6.45) is 4.68. The van der Waals surface area contributed by atoms with Crippen LogP contribution in [-0.2, 0) is 0 Å². The monoisotopic (exact) mass is 166 g/mol. The molecule has 1 N–H and O–H groups in total. The van der Waals surface area contributed by atoms with Crippen LogP contribution in [-0.4, -0.2) is 20.6 Å². The van der Waals surface area contributed by atoms with Gasteiger partial charge in [-0.25, -0.2) is 9.78 Å². The first kappa shape index (κ1) is 8.52. The summed E-state index contributed by atoms with van der Waals surface area (Å²) in [7, 11) is 0. The summed E-state index contributed by atoms with van der Waals surface area (Å²) in [5.74, 6) is -1.01. The lowest BCUT2D eigenvalue weighted by atomic mass is 10.3. The molecule has 4 nitrogen and oxygen atoms in total. The Morgan fingerprint density at radius 1 is 1.92 bits per heavy atom. The van der Waals surface area contributed by atoms with Gasteiger partial charge in [0.1, 0.15) is 0 Å². The zero-order valence-corrected chi connectivity index (χ0v) is 6.77. The van der Waals surface area contributed by atoms with Gasteiger partial charge in [0.15, 0.2) is 5.69 Å². The Labute approximate surface area is 70.2 Å². The average Bonchev–Trinajstić information content (AvgIpc) is 2.51. The van der Waals surface area contributed by atoms with Crippen molar-refractivity contribution in [3.63, 3.8) is 0 Å². The molecule has 0 saturated carbocycles. The molecule has 0 spiro atoms. The largest absolute Gasteiger partial charge is 0.476 e. The van der Waals surface area contributed by atoms with E-state index < -0.39 is 5.97 Å². The highest BCUT2D eigenvalue weighted by atomic mass is 16.4. The van der Waals surface area contributed by atoms with Crippen LogP contribution in [0.1, 0.15) is 23.5 Å². The second-order valence-electron chi connectivity index (χ2n) is 2.49. The van der Waals surface area contributed by atoms with Crippen LogP contribution in [0, 0.1) is 0 Å². The van der Waals surface area contributed by atoms with Crippen molar-refractivity contribution < 1.29 is 9.90 Å². The van der Waals surface area contributed by atoms with Crippen LogP contribution >= 0.6 is 0 Å². The number of hydrogen-bond acceptors (Lipinski definition) is 2. The van der Waals surface area contributed by atoms with Gasteiger partial charge in [0.25, 0.3) is 0 Å². The van der Waals surface area contributed by atoms with Crippen molar-refractivity contribution in [1.29, 1.82) is 0 Å². The number of imidazole rings is 1. The summed E-state index contributed by atoms with van der Waals surface area (Å²) >= 11 is 0. The molecule has 0 fully saturated rings. The summed E-state index contributed by atoms with van der Waals surface area (Å²) in [4.78, 5) is 14.1. The maximum absolute atomic E-state index is 10.4. The number of aromatic carboxylic acids is 1. The number of hydrogen-bond donors (Lipinski definition) is 1. The molecule has 1 heterocycles. The minimum atomic E-state index is -1.01. The molecule has 1 rings (SSSR count). The van der Waals surface area contributed by atoms with E-state index in [1.165, 1.54) is 12.5 Å². The van der Waals surface area contributed by atoms with Crippen molar-refractivity contribution in [2.45, 2.75) is 13.0 Å². The van der Waals surface area contributed by atoms with E-state index in [0.29, 0.717) is 0 Å². The molecule has 0 aliphatic rings. The number of carbonyl (C=O) groups is 1. The van der Waals surface area contributed by atoms with Crippen LogP contribution in [0.5, 0.6) is 0 Å². The molecule has 0 aromatic carbocycles. The number of rotatable bonds is 3. The van der Waals surface area contributed by atoms with Gasteiger partial charge in [-0.3, -0.25) is 0 Å². The Morgan fingerprint density at radius 2 is 2.58 bits per heavy atom. The first-order valence-electron chi connectivity index (χ1n) is 3.54. The normalized spacial score (nSPS) is 12.4. The summed E-state index contributed by atoms with van der Waals surface area (Å²) < 4.78 is 1.69. The first-order valence-corrected chi connectivity index (χ1v) is 3.54. The van der Waals surface area contributed by atoms with Crippen LogP contribution in [0.15, 0.2) is 25.2 Å². The van der Waals surface area contributed by atoms with Crippen molar-refractivity contribution >= 4 is 5.97 Å². The Morgan fingerprint density at radius 3 is 3.00 bits per heavy atom. The van der Waals surface area contributed by atoms with E-state index in [-0.39, 0.29) is 11.7 Å². The molecular weight excluding hydrogens is 156 g/mol. The van der Waals surface area contributed by atoms with Gasteiger partial charge < -0.3 is 9.67 Å². The highest BCUT2D eigenvalue weighted by Gasteiger charge is 2.07. The van der Waals surface area contributed by atoms with Gasteiger partial charge in [-0.15, -0.1) is 6.58 Å². The zero-order valence-electron chi connectivity index (χ0n) is 6.77. The number of nitrogens with zero attached hydrogens (tertiary/aromatic N) is 2. The van der Waals surface area contributed by atoms with Gasteiger partial charge in [-0.1, -0.05) is 6.08 Å². The maximum atomic E-state index is 10.4. The molecule has 0 amide bonds. The molecule has 1 atom stereocenters.